The highest BCUT2D eigenvalue weighted by Gasteiger charge is 2.06. The van der Waals surface area contributed by atoms with Gasteiger partial charge in [0.05, 0.1) is 24.7 Å². The van der Waals surface area contributed by atoms with E-state index < -0.39 is 0 Å². The smallest absolute Gasteiger partial charge is 0.338 e. The van der Waals surface area contributed by atoms with Crippen molar-refractivity contribution >= 4 is 17.3 Å². The molecule has 4 nitrogen and oxygen atoms in total. The lowest BCUT2D eigenvalue weighted by atomic mass is 10.1. The molecule has 0 fully saturated rings. The lowest BCUT2D eigenvalue weighted by Gasteiger charge is -2.08. The topological polar surface area (TPSA) is 62.1 Å². The van der Waals surface area contributed by atoms with E-state index in [4.69, 9.17) is 10.00 Å². The van der Waals surface area contributed by atoms with Crippen LogP contribution in [-0.4, -0.2) is 12.6 Å². The summed E-state index contributed by atoms with van der Waals surface area (Å²) in [7, 11) is 0. The van der Waals surface area contributed by atoms with Crippen LogP contribution in [-0.2, 0) is 11.2 Å². The van der Waals surface area contributed by atoms with Gasteiger partial charge >= 0.3 is 5.97 Å². The first-order valence-electron chi connectivity index (χ1n) is 6.73. The quantitative estimate of drug-likeness (QED) is 0.849. The molecule has 0 aliphatic carbocycles. The Bertz CT molecular complexity index is 657. The fourth-order valence-corrected chi connectivity index (χ4v) is 1.90. The molecule has 2 rings (SSSR count). The van der Waals surface area contributed by atoms with E-state index in [1.165, 1.54) is 0 Å². The maximum Gasteiger partial charge on any atom is 0.338 e. The molecule has 0 atom stereocenters. The highest BCUT2D eigenvalue weighted by molar-refractivity contribution is 5.90. The van der Waals surface area contributed by atoms with Crippen LogP contribution in [0.2, 0.25) is 0 Å². The molecule has 0 saturated carbocycles. The summed E-state index contributed by atoms with van der Waals surface area (Å²) in [5.74, 6) is -0.328. The molecule has 106 valence electrons. The molecule has 1 N–H and O–H groups in total. The lowest BCUT2D eigenvalue weighted by Crippen LogP contribution is -2.04. The second-order valence-corrected chi connectivity index (χ2v) is 4.46. The lowest BCUT2D eigenvalue weighted by molar-refractivity contribution is 0.0526. The number of rotatable bonds is 5. The van der Waals surface area contributed by atoms with Gasteiger partial charge in [0, 0.05) is 11.4 Å². The Morgan fingerprint density at radius 3 is 2.62 bits per heavy atom. The van der Waals surface area contributed by atoms with Crippen LogP contribution in [0.5, 0.6) is 0 Å². The van der Waals surface area contributed by atoms with Crippen LogP contribution in [0, 0.1) is 11.3 Å². The van der Waals surface area contributed by atoms with Gasteiger partial charge in [-0.1, -0.05) is 18.2 Å². The van der Waals surface area contributed by atoms with Crippen molar-refractivity contribution in [1.29, 1.82) is 5.26 Å². The Kier molecular flexibility index (Phi) is 4.94. The number of nitriles is 1. The summed E-state index contributed by atoms with van der Waals surface area (Å²) in [4.78, 5) is 11.7. The Balaban J connectivity index is 2.10. The maximum atomic E-state index is 11.7. The van der Waals surface area contributed by atoms with Gasteiger partial charge < -0.3 is 10.1 Å². The van der Waals surface area contributed by atoms with Gasteiger partial charge in [-0.3, -0.25) is 0 Å². The van der Waals surface area contributed by atoms with Gasteiger partial charge in [0.25, 0.3) is 0 Å². The predicted molar refractivity (Wildman–Crippen MR) is 81.4 cm³/mol. The minimum atomic E-state index is -0.328. The zero-order chi connectivity index (χ0) is 15.1. The van der Waals surface area contributed by atoms with Gasteiger partial charge in [0.15, 0.2) is 0 Å². The second kappa shape index (κ2) is 7.11. The van der Waals surface area contributed by atoms with Gasteiger partial charge in [0.2, 0.25) is 0 Å². The van der Waals surface area contributed by atoms with Gasteiger partial charge in [0.1, 0.15) is 0 Å². The number of esters is 1. The zero-order valence-electron chi connectivity index (χ0n) is 11.8. The number of hydrogen-bond acceptors (Lipinski definition) is 4. The monoisotopic (exact) mass is 280 g/mol. The van der Waals surface area contributed by atoms with Crippen molar-refractivity contribution in [2.75, 3.05) is 11.9 Å². The van der Waals surface area contributed by atoms with Crippen molar-refractivity contribution in [3.8, 4) is 6.07 Å². The largest absolute Gasteiger partial charge is 0.462 e. The summed E-state index contributed by atoms with van der Waals surface area (Å²) in [6, 6.07) is 16.9. The van der Waals surface area contributed by atoms with Gasteiger partial charge in [-0.15, -0.1) is 0 Å². The first kappa shape index (κ1) is 14.6. The summed E-state index contributed by atoms with van der Waals surface area (Å²) in [6.07, 6.45) is 0.401. The van der Waals surface area contributed by atoms with E-state index in [-0.39, 0.29) is 5.97 Å². The van der Waals surface area contributed by atoms with Gasteiger partial charge in [-0.25, -0.2) is 4.79 Å². The molecule has 0 unspecified atom stereocenters. The number of anilines is 2. The van der Waals surface area contributed by atoms with Crippen LogP contribution in [0.15, 0.2) is 48.5 Å². The van der Waals surface area contributed by atoms with Crippen LogP contribution in [0.25, 0.3) is 0 Å². The van der Waals surface area contributed by atoms with Crippen molar-refractivity contribution in [3.63, 3.8) is 0 Å². The average Bonchev–Trinajstić information content (AvgIpc) is 2.50. The average molecular weight is 280 g/mol. The molecule has 0 aromatic heterocycles. The van der Waals surface area contributed by atoms with Gasteiger partial charge in [-0.2, -0.15) is 5.26 Å². The molecule has 2 aromatic rings. The number of nitrogens with zero attached hydrogens (tertiary/aromatic N) is 1. The highest BCUT2D eigenvalue weighted by atomic mass is 16.5. The minimum Gasteiger partial charge on any atom is -0.462 e. The molecular weight excluding hydrogens is 264 g/mol. The van der Waals surface area contributed by atoms with Crippen molar-refractivity contribution in [2.24, 2.45) is 0 Å². The molecule has 0 saturated heterocycles. The fourth-order valence-electron chi connectivity index (χ4n) is 1.90. The maximum absolute atomic E-state index is 11.7. The minimum absolute atomic E-state index is 0.328. The summed E-state index contributed by atoms with van der Waals surface area (Å²) in [5, 5.41) is 11.9. The number of ether oxygens (including phenoxy) is 1. The fraction of sp³-hybridized carbons (Fsp3) is 0.176. The second-order valence-electron chi connectivity index (χ2n) is 4.46. The summed E-state index contributed by atoms with van der Waals surface area (Å²) < 4.78 is 4.98. The van der Waals surface area contributed by atoms with Crippen molar-refractivity contribution in [2.45, 2.75) is 13.3 Å². The standard InChI is InChI=1S/C17H16N2O2/c1-2-21-17(20)14-4-3-5-16(12-14)19-15-8-6-13(7-9-15)10-11-18/h3-9,12,19H,2,10H2,1H3. The molecular formula is C17H16N2O2. The molecule has 0 amide bonds. The summed E-state index contributed by atoms with van der Waals surface area (Å²) in [6.45, 7) is 2.14. The van der Waals surface area contributed by atoms with Crippen LogP contribution < -0.4 is 5.32 Å². The normalized spacial score (nSPS) is 9.71. The first-order chi connectivity index (χ1) is 10.2. The third-order valence-electron chi connectivity index (χ3n) is 2.90. The molecule has 4 heteroatoms. The number of benzene rings is 2. The molecule has 0 radical (unpaired) electrons. The SMILES string of the molecule is CCOC(=O)c1cccc(Nc2ccc(CC#N)cc2)c1. The molecule has 0 aliphatic heterocycles. The summed E-state index contributed by atoms with van der Waals surface area (Å²) in [5.41, 5.74) is 3.21. The molecule has 21 heavy (non-hydrogen) atoms. The molecule has 0 heterocycles. The van der Waals surface area contributed by atoms with Crippen molar-refractivity contribution < 1.29 is 9.53 Å². The third kappa shape index (κ3) is 4.08. The number of hydrogen-bond donors (Lipinski definition) is 1. The number of nitrogens with one attached hydrogen (secondary N) is 1. The van der Waals surface area contributed by atoms with E-state index in [0.29, 0.717) is 18.6 Å². The van der Waals surface area contributed by atoms with E-state index in [0.717, 1.165) is 16.9 Å². The van der Waals surface area contributed by atoms with Crippen molar-refractivity contribution in [3.05, 3.63) is 59.7 Å². The van der Waals surface area contributed by atoms with E-state index in [1.807, 2.05) is 30.3 Å². The first-order valence-corrected chi connectivity index (χ1v) is 6.73. The Labute approximate surface area is 124 Å². The van der Waals surface area contributed by atoms with Crippen LogP contribution >= 0.6 is 0 Å². The third-order valence-corrected chi connectivity index (χ3v) is 2.90. The van der Waals surface area contributed by atoms with E-state index in [9.17, 15) is 4.79 Å². The Morgan fingerprint density at radius 2 is 1.95 bits per heavy atom. The van der Waals surface area contributed by atoms with Crippen LogP contribution in [0.1, 0.15) is 22.8 Å². The zero-order valence-corrected chi connectivity index (χ0v) is 11.8. The highest BCUT2D eigenvalue weighted by Crippen LogP contribution is 2.19. The molecule has 0 aliphatic rings. The van der Waals surface area contributed by atoms with E-state index >= 15 is 0 Å². The predicted octanol–water partition coefficient (Wildman–Crippen LogP) is 3.67. The van der Waals surface area contributed by atoms with Crippen LogP contribution in [0.3, 0.4) is 0 Å². The van der Waals surface area contributed by atoms with Crippen molar-refractivity contribution in [1.82, 2.24) is 0 Å². The van der Waals surface area contributed by atoms with E-state index in [2.05, 4.69) is 11.4 Å². The Hall–Kier alpha value is -2.80. The Morgan fingerprint density at radius 1 is 1.19 bits per heavy atom. The number of carbonyl (C=O) groups excluding carboxylic acids is 1. The molecule has 0 bridgehead atoms. The molecule has 0 spiro atoms. The summed E-state index contributed by atoms with van der Waals surface area (Å²) >= 11 is 0. The molecule has 2 aromatic carbocycles. The van der Waals surface area contributed by atoms with Crippen LogP contribution in [0.4, 0.5) is 11.4 Å². The number of carbonyl (C=O) groups is 1. The van der Waals surface area contributed by atoms with E-state index in [1.54, 1.807) is 25.1 Å². The van der Waals surface area contributed by atoms with Gasteiger partial charge in [-0.05, 0) is 42.8 Å².